The second-order valence-electron chi connectivity index (χ2n) is 8.69. The molecule has 0 bridgehead atoms. The molecule has 5 nitrogen and oxygen atoms in total. The number of nitrogens with zero attached hydrogens (tertiary/aromatic N) is 2. The normalized spacial score (nSPS) is 12.5. The first-order valence-corrected chi connectivity index (χ1v) is 11.6. The average Bonchev–Trinajstić information content (AvgIpc) is 2.90. The average molecular weight is 465 g/mol. The van der Waals surface area contributed by atoms with E-state index >= 15 is 0 Å². The molecule has 0 amide bonds. The van der Waals surface area contributed by atoms with Crippen LogP contribution in [-0.2, 0) is 4.74 Å². The zero-order valence-corrected chi connectivity index (χ0v) is 20.1. The van der Waals surface area contributed by atoms with E-state index in [2.05, 4.69) is 53.5 Å². The van der Waals surface area contributed by atoms with Gasteiger partial charge in [0.2, 0.25) is 0 Å². The summed E-state index contributed by atoms with van der Waals surface area (Å²) in [5.41, 5.74) is 7.80. The molecule has 35 heavy (non-hydrogen) atoms. The van der Waals surface area contributed by atoms with Crippen molar-refractivity contribution in [3.8, 4) is 11.1 Å². The van der Waals surface area contributed by atoms with Crippen molar-refractivity contribution in [2.24, 2.45) is 5.18 Å². The summed E-state index contributed by atoms with van der Waals surface area (Å²) < 4.78 is 4.78. The number of esters is 1. The molecule has 5 heteroatoms. The molecule has 3 aromatic carbocycles. The Morgan fingerprint density at radius 1 is 0.886 bits per heavy atom. The van der Waals surface area contributed by atoms with Gasteiger partial charge in [-0.1, -0.05) is 65.8 Å². The van der Waals surface area contributed by atoms with Gasteiger partial charge in [0.15, 0.2) is 0 Å². The van der Waals surface area contributed by atoms with Crippen LogP contribution in [0, 0.1) is 18.8 Å². The highest BCUT2D eigenvalue weighted by Gasteiger charge is 2.23. The van der Waals surface area contributed by atoms with Crippen molar-refractivity contribution in [3.05, 3.63) is 130 Å². The van der Waals surface area contributed by atoms with Crippen LogP contribution >= 0.6 is 0 Å². The maximum atomic E-state index is 11.9. The molecule has 0 fully saturated rings. The van der Waals surface area contributed by atoms with Crippen molar-refractivity contribution in [1.29, 1.82) is 0 Å². The van der Waals surface area contributed by atoms with Gasteiger partial charge in [-0.05, 0) is 77.9 Å². The summed E-state index contributed by atoms with van der Waals surface area (Å²) in [5, 5.41) is 3.50. The standard InChI is InChI=1S/C30H28N2O3/c1-20-6-4-5-7-27(20)28(19-29(32-34)26-16-17-31-21(2)18-26)24-12-8-22(9-13-24)23-10-14-25(15-11-23)30(33)35-3/h4-18,28-29H,19H2,1-3H3. The molecule has 0 radical (unpaired) electrons. The van der Waals surface area contributed by atoms with E-state index in [0.29, 0.717) is 12.0 Å². The first-order valence-electron chi connectivity index (χ1n) is 11.6. The summed E-state index contributed by atoms with van der Waals surface area (Å²) >= 11 is 0. The minimum Gasteiger partial charge on any atom is -0.465 e. The summed E-state index contributed by atoms with van der Waals surface area (Å²) in [7, 11) is 1.38. The van der Waals surface area contributed by atoms with Crippen LogP contribution < -0.4 is 0 Å². The molecule has 2 atom stereocenters. The van der Waals surface area contributed by atoms with Crippen molar-refractivity contribution >= 4 is 5.97 Å². The molecule has 0 saturated heterocycles. The van der Waals surface area contributed by atoms with Crippen LogP contribution in [0.1, 0.15) is 56.7 Å². The molecule has 4 rings (SSSR count). The molecule has 4 aromatic rings. The molecule has 0 N–H and O–H groups in total. The lowest BCUT2D eigenvalue weighted by Crippen LogP contribution is -2.09. The van der Waals surface area contributed by atoms with Gasteiger partial charge in [-0.3, -0.25) is 4.98 Å². The summed E-state index contributed by atoms with van der Waals surface area (Å²) in [6.45, 7) is 4.01. The first kappa shape index (κ1) is 24.0. The Kier molecular flexibility index (Phi) is 7.46. The third-order valence-electron chi connectivity index (χ3n) is 6.41. The number of aryl methyl sites for hydroxylation is 2. The van der Waals surface area contributed by atoms with Gasteiger partial charge < -0.3 is 4.74 Å². The molecule has 0 aliphatic carbocycles. The van der Waals surface area contributed by atoms with Gasteiger partial charge in [0.25, 0.3) is 0 Å². The van der Waals surface area contributed by atoms with Crippen molar-refractivity contribution < 1.29 is 9.53 Å². The van der Waals surface area contributed by atoms with E-state index in [1.54, 1.807) is 18.3 Å². The van der Waals surface area contributed by atoms with Crippen molar-refractivity contribution in [3.63, 3.8) is 0 Å². The highest BCUT2D eigenvalue weighted by Crippen LogP contribution is 2.37. The van der Waals surface area contributed by atoms with Crippen LogP contribution in [-0.4, -0.2) is 18.1 Å². The molecule has 1 aromatic heterocycles. The van der Waals surface area contributed by atoms with Gasteiger partial charge in [-0.15, -0.1) is 0 Å². The number of hydrogen-bond acceptors (Lipinski definition) is 5. The van der Waals surface area contributed by atoms with E-state index in [-0.39, 0.29) is 11.9 Å². The Morgan fingerprint density at radius 2 is 1.54 bits per heavy atom. The molecular formula is C30H28N2O3. The van der Waals surface area contributed by atoms with Gasteiger partial charge >= 0.3 is 5.97 Å². The number of benzene rings is 3. The van der Waals surface area contributed by atoms with Crippen LogP contribution in [0.2, 0.25) is 0 Å². The van der Waals surface area contributed by atoms with E-state index in [0.717, 1.165) is 27.9 Å². The summed E-state index contributed by atoms with van der Waals surface area (Å²) in [5.74, 6) is -0.348. The molecule has 176 valence electrons. The molecule has 0 saturated carbocycles. The number of nitroso groups, excluding NO2 is 1. The van der Waals surface area contributed by atoms with Gasteiger partial charge in [-0.25, -0.2) is 4.79 Å². The Balaban J connectivity index is 1.67. The number of hydrogen-bond donors (Lipinski definition) is 0. The summed E-state index contributed by atoms with van der Waals surface area (Å²) in [6, 6.07) is 27.3. The lowest BCUT2D eigenvalue weighted by Gasteiger charge is -2.23. The van der Waals surface area contributed by atoms with Gasteiger partial charge in [0.05, 0.1) is 12.7 Å². The monoisotopic (exact) mass is 464 g/mol. The fraction of sp³-hybridized carbons (Fsp3) is 0.200. The van der Waals surface area contributed by atoms with E-state index in [1.807, 2.05) is 43.3 Å². The second kappa shape index (κ2) is 10.9. The maximum Gasteiger partial charge on any atom is 0.337 e. The van der Waals surface area contributed by atoms with Crippen LogP contribution in [0.5, 0.6) is 0 Å². The number of methoxy groups -OCH3 is 1. The van der Waals surface area contributed by atoms with Crippen molar-refractivity contribution in [1.82, 2.24) is 4.98 Å². The number of carbonyl (C=O) groups is 1. The molecule has 0 spiro atoms. The van der Waals surface area contributed by atoms with E-state index in [4.69, 9.17) is 4.74 Å². The molecular weight excluding hydrogens is 436 g/mol. The first-order chi connectivity index (χ1) is 17.0. The van der Waals surface area contributed by atoms with Crippen molar-refractivity contribution in [2.45, 2.75) is 32.2 Å². The van der Waals surface area contributed by atoms with Crippen LogP contribution in [0.15, 0.2) is 96.3 Å². The van der Waals surface area contributed by atoms with Crippen LogP contribution in [0.3, 0.4) is 0 Å². The van der Waals surface area contributed by atoms with Crippen LogP contribution in [0.25, 0.3) is 11.1 Å². The number of ether oxygens (including phenoxy) is 1. The maximum absolute atomic E-state index is 11.9. The Hall–Kier alpha value is -4.12. The van der Waals surface area contributed by atoms with E-state index < -0.39 is 6.04 Å². The smallest absolute Gasteiger partial charge is 0.337 e. The highest BCUT2D eigenvalue weighted by molar-refractivity contribution is 5.90. The fourth-order valence-corrected chi connectivity index (χ4v) is 4.48. The lowest BCUT2D eigenvalue weighted by atomic mass is 9.82. The molecule has 2 unspecified atom stereocenters. The second-order valence-corrected chi connectivity index (χ2v) is 8.69. The largest absolute Gasteiger partial charge is 0.465 e. The highest BCUT2D eigenvalue weighted by atomic mass is 16.5. The Bertz CT molecular complexity index is 1310. The third-order valence-corrected chi connectivity index (χ3v) is 6.41. The lowest BCUT2D eigenvalue weighted by molar-refractivity contribution is 0.0600. The number of carbonyl (C=O) groups excluding carboxylic acids is 1. The number of pyridine rings is 1. The minimum absolute atomic E-state index is 0.00289. The predicted octanol–water partition coefficient (Wildman–Crippen LogP) is 7.18. The SMILES string of the molecule is COC(=O)c1ccc(-c2ccc(C(CC(N=O)c3ccnc(C)c3)c3ccccc3C)cc2)cc1. The number of aromatic nitrogens is 1. The molecule has 0 aliphatic rings. The van der Waals surface area contributed by atoms with Crippen molar-refractivity contribution in [2.75, 3.05) is 7.11 Å². The number of rotatable bonds is 8. The quantitative estimate of drug-likeness (QED) is 0.205. The Morgan fingerprint density at radius 3 is 2.14 bits per heavy atom. The zero-order chi connectivity index (χ0) is 24.8. The van der Waals surface area contributed by atoms with E-state index in [9.17, 15) is 9.70 Å². The molecule has 0 aliphatic heterocycles. The van der Waals surface area contributed by atoms with Gasteiger partial charge in [0.1, 0.15) is 6.04 Å². The Labute approximate surface area is 205 Å². The summed E-state index contributed by atoms with van der Waals surface area (Å²) in [4.78, 5) is 27.9. The van der Waals surface area contributed by atoms with E-state index in [1.165, 1.54) is 18.2 Å². The fourth-order valence-electron chi connectivity index (χ4n) is 4.48. The minimum atomic E-state index is -0.480. The van der Waals surface area contributed by atoms with Crippen LogP contribution in [0.4, 0.5) is 0 Å². The topological polar surface area (TPSA) is 68.6 Å². The third kappa shape index (κ3) is 5.52. The molecule has 1 heterocycles. The predicted molar refractivity (Wildman–Crippen MR) is 138 cm³/mol. The zero-order valence-electron chi connectivity index (χ0n) is 20.1. The summed E-state index contributed by atoms with van der Waals surface area (Å²) in [6.07, 6.45) is 2.29. The van der Waals surface area contributed by atoms with Gasteiger partial charge in [-0.2, -0.15) is 4.91 Å². The van der Waals surface area contributed by atoms with Gasteiger partial charge in [0, 0.05) is 17.8 Å².